The Hall–Kier alpha value is -1.40. The Morgan fingerprint density at radius 3 is 2.65 bits per heavy atom. The maximum Gasteiger partial charge on any atom is 0.239 e. The zero-order valence-electron chi connectivity index (χ0n) is 14.0. The number of hydrogen-bond acceptors (Lipinski definition) is 4. The minimum atomic E-state index is -3.10. The smallest absolute Gasteiger partial charge is 0.239 e. The van der Waals surface area contributed by atoms with Crippen LogP contribution in [0.2, 0.25) is 0 Å². The fraction of sp³-hybridized carbons (Fsp3) is 0.588. The number of amides is 1. The Bertz CT molecular complexity index is 672. The number of benzene rings is 1. The third-order valence-electron chi connectivity index (χ3n) is 4.60. The number of sulfone groups is 1. The fourth-order valence-corrected chi connectivity index (χ4v) is 3.97. The molecule has 2 rings (SSSR count). The second-order valence-electron chi connectivity index (χ2n) is 6.65. The van der Waals surface area contributed by atoms with Crippen molar-refractivity contribution in [2.75, 3.05) is 18.6 Å². The van der Waals surface area contributed by atoms with Gasteiger partial charge in [0.05, 0.1) is 11.8 Å². The van der Waals surface area contributed by atoms with Gasteiger partial charge in [0.15, 0.2) is 0 Å². The lowest BCUT2D eigenvalue weighted by Gasteiger charge is -2.25. The van der Waals surface area contributed by atoms with Gasteiger partial charge in [0, 0.05) is 24.8 Å². The number of rotatable bonds is 5. The Balaban J connectivity index is 2.03. The van der Waals surface area contributed by atoms with Gasteiger partial charge in [0.2, 0.25) is 5.91 Å². The monoisotopic (exact) mass is 338 g/mol. The van der Waals surface area contributed by atoms with Crippen LogP contribution in [0.5, 0.6) is 0 Å². The molecule has 23 heavy (non-hydrogen) atoms. The van der Waals surface area contributed by atoms with Crippen LogP contribution in [-0.2, 0) is 14.6 Å². The number of likely N-dealkylation sites (tertiary alicyclic amines) is 1. The maximum absolute atomic E-state index is 12.5. The van der Waals surface area contributed by atoms with Gasteiger partial charge < -0.3 is 10.6 Å². The highest BCUT2D eigenvalue weighted by Gasteiger charge is 2.35. The van der Waals surface area contributed by atoms with Crippen LogP contribution in [0.3, 0.4) is 0 Å². The first kappa shape index (κ1) is 17.9. The number of carbonyl (C=O) groups is 1. The molecular formula is C17H26N2O3S. The van der Waals surface area contributed by atoms with Crippen molar-refractivity contribution in [2.24, 2.45) is 5.73 Å². The average Bonchev–Trinajstić information content (AvgIpc) is 2.85. The van der Waals surface area contributed by atoms with Gasteiger partial charge in [-0.05, 0) is 37.8 Å². The van der Waals surface area contributed by atoms with Crippen LogP contribution in [-0.4, -0.2) is 49.9 Å². The Morgan fingerprint density at radius 2 is 2.04 bits per heavy atom. The summed E-state index contributed by atoms with van der Waals surface area (Å²) in [5, 5.41) is 0. The van der Waals surface area contributed by atoms with Gasteiger partial charge in [-0.15, -0.1) is 0 Å². The van der Waals surface area contributed by atoms with Crippen LogP contribution in [0.15, 0.2) is 24.3 Å². The SMILES string of the molecule is Cc1ccccc1[C@@H]1C[C@@H](C)N(C(=O)[C@@H](N)CCS(C)(=O)=O)C1. The molecule has 3 atom stereocenters. The third kappa shape index (κ3) is 4.54. The van der Waals surface area contributed by atoms with Crippen molar-refractivity contribution >= 4 is 15.7 Å². The highest BCUT2D eigenvalue weighted by atomic mass is 32.2. The summed E-state index contributed by atoms with van der Waals surface area (Å²) in [7, 11) is -3.10. The Labute approximate surface area is 138 Å². The fourth-order valence-electron chi connectivity index (χ4n) is 3.29. The molecule has 0 saturated carbocycles. The van der Waals surface area contributed by atoms with E-state index in [1.54, 1.807) is 0 Å². The molecule has 0 aromatic heterocycles. The number of nitrogens with two attached hydrogens (primary N) is 1. The molecule has 1 aromatic rings. The normalized spacial score (nSPS) is 23.0. The minimum absolute atomic E-state index is 0.0522. The van der Waals surface area contributed by atoms with Crippen molar-refractivity contribution in [3.05, 3.63) is 35.4 Å². The molecule has 0 aliphatic carbocycles. The van der Waals surface area contributed by atoms with Crippen molar-refractivity contribution in [1.29, 1.82) is 0 Å². The summed E-state index contributed by atoms with van der Waals surface area (Å²) in [6.45, 7) is 4.76. The molecule has 0 radical (unpaired) electrons. The lowest BCUT2D eigenvalue weighted by molar-refractivity contribution is -0.133. The van der Waals surface area contributed by atoms with Gasteiger partial charge in [-0.1, -0.05) is 24.3 Å². The molecule has 128 valence electrons. The van der Waals surface area contributed by atoms with E-state index in [0.717, 1.165) is 12.7 Å². The summed E-state index contributed by atoms with van der Waals surface area (Å²) in [4.78, 5) is 14.4. The molecule has 0 spiro atoms. The van der Waals surface area contributed by atoms with E-state index < -0.39 is 15.9 Å². The van der Waals surface area contributed by atoms with E-state index in [1.807, 2.05) is 24.0 Å². The maximum atomic E-state index is 12.5. The second-order valence-corrected chi connectivity index (χ2v) is 8.91. The van der Waals surface area contributed by atoms with Crippen LogP contribution >= 0.6 is 0 Å². The molecule has 1 heterocycles. The molecular weight excluding hydrogens is 312 g/mol. The minimum Gasteiger partial charge on any atom is -0.338 e. The van der Waals surface area contributed by atoms with Gasteiger partial charge in [-0.3, -0.25) is 4.79 Å². The Morgan fingerprint density at radius 1 is 1.39 bits per heavy atom. The lowest BCUT2D eigenvalue weighted by Crippen LogP contribution is -2.46. The quantitative estimate of drug-likeness (QED) is 0.881. The predicted molar refractivity (Wildman–Crippen MR) is 92.0 cm³/mol. The van der Waals surface area contributed by atoms with Crippen LogP contribution in [0.25, 0.3) is 0 Å². The molecule has 1 aromatic carbocycles. The molecule has 1 fully saturated rings. The molecule has 1 aliphatic heterocycles. The number of nitrogens with zero attached hydrogens (tertiary/aromatic N) is 1. The number of aryl methyl sites for hydroxylation is 1. The van der Waals surface area contributed by atoms with E-state index in [-0.39, 0.29) is 24.1 Å². The summed E-state index contributed by atoms with van der Waals surface area (Å²) < 4.78 is 22.5. The summed E-state index contributed by atoms with van der Waals surface area (Å²) in [5.74, 6) is 0.123. The summed E-state index contributed by atoms with van der Waals surface area (Å²) in [6, 6.07) is 7.61. The first-order valence-corrected chi connectivity index (χ1v) is 10.0. The van der Waals surface area contributed by atoms with Crippen LogP contribution in [0.1, 0.15) is 36.8 Å². The highest BCUT2D eigenvalue weighted by molar-refractivity contribution is 7.90. The molecule has 2 N–H and O–H groups in total. The van der Waals surface area contributed by atoms with Crippen molar-refractivity contribution in [1.82, 2.24) is 4.90 Å². The van der Waals surface area contributed by atoms with E-state index in [4.69, 9.17) is 5.73 Å². The van der Waals surface area contributed by atoms with Crippen LogP contribution in [0.4, 0.5) is 0 Å². The topological polar surface area (TPSA) is 80.5 Å². The van der Waals surface area contributed by atoms with Gasteiger partial charge >= 0.3 is 0 Å². The summed E-state index contributed by atoms with van der Waals surface area (Å²) in [5.41, 5.74) is 8.44. The second kappa shape index (κ2) is 7.01. The van der Waals surface area contributed by atoms with E-state index in [9.17, 15) is 13.2 Å². The van der Waals surface area contributed by atoms with E-state index in [0.29, 0.717) is 12.5 Å². The molecule has 1 aliphatic rings. The largest absolute Gasteiger partial charge is 0.338 e. The van der Waals surface area contributed by atoms with Crippen molar-refractivity contribution in [3.63, 3.8) is 0 Å². The number of hydrogen-bond donors (Lipinski definition) is 1. The average molecular weight is 338 g/mol. The lowest BCUT2D eigenvalue weighted by atomic mass is 9.93. The van der Waals surface area contributed by atoms with Crippen LogP contribution < -0.4 is 5.73 Å². The molecule has 6 heteroatoms. The van der Waals surface area contributed by atoms with Crippen LogP contribution in [0, 0.1) is 6.92 Å². The van der Waals surface area contributed by atoms with E-state index in [2.05, 4.69) is 19.1 Å². The predicted octanol–water partition coefficient (Wildman–Crippen LogP) is 1.46. The standard InChI is InChI=1S/C17H26N2O3S/c1-12-6-4-5-7-15(12)14-10-13(2)19(11-14)17(20)16(18)8-9-23(3,21)22/h4-7,13-14,16H,8-11,18H2,1-3H3/t13-,14-,16+/m1/s1. The molecule has 1 amide bonds. The first-order valence-electron chi connectivity index (χ1n) is 7.98. The molecule has 0 unspecified atom stereocenters. The summed E-state index contributed by atoms with van der Waals surface area (Å²) in [6.07, 6.45) is 2.25. The van der Waals surface area contributed by atoms with Gasteiger partial charge in [-0.2, -0.15) is 0 Å². The summed E-state index contributed by atoms with van der Waals surface area (Å²) >= 11 is 0. The van der Waals surface area contributed by atoms with Crippen molar-refractivity contribution in [2.45, 2.75) is 44.7 Å². The van der Waals surface area contributed by atoms with Gasteiger partial charge in [0.25, 0.3) is 0 Å². The van der Waals surface area contributed by atoms with Gasteiger partial charge in [0.1, 0.15) is 9.84 Å². The van der Waals surface area contributed by atoms with Crippen molar-refractivity contribution < 1.29 is 13.2 Å². The molecule has 0 bridgehead atoms. The Kier molecular flexibility index (Phi) is 5.47. The first-order chi connectivity index (χ1) is 10.7. The highest BCUT2D eigenvalue weighted by Crippen LogP contribution is 2.33. The third-order valence-corrected chi connectivity index (χ3v) is 5.58. The zero-order valence-corrected chi connectivity index (χ0v) is 14.8. The molecule has 1 saturated heterocycles. The van der Waals surface area contributed by atoms with Crippen molar-refractivity contribution in [3.8, 4) is 0 Å². The van der Waals surface area contributed by atoms with E-state index >= 15 is 0 Å². The zero-order chi connectivity index (χ0) is 17.2. The number of carbonyl (C=O) groups excluding carboxylic acids is 1. The van der Waals surface area contributed by atoms with Gasteiger partial charge in [-0.25, -0.2) is 8.42 Å². The molecule has 5 nitrogen and oxygen atoms in total. The van der Waals surface area contributed by atoms with E-state index in [1.165, 1.54) is 11.1 Å².